The minimum Gasteiger partial charge on any atom is -0.493 e. The monoisotopic (exact) mass is 648 g/mol. The number of hydrogen-bond donors (Lipinski definition) is 5. The largest absolute Gasteiger partial charge is 0.493 e. The molecule has 4 rings (SSSR count). The van der Waals surface area contributed by atoms with Gasteiger partial charge in [0.2, 0.25) is 23.6 Å². The van der Waals surface area contributed by atoms with Crippen LogP contribution in [0.25, 0.3) is 0 Å². The summed E-state index contributed by atoms with van der Waals surface area (Å²) >= 11 is 0. The number of para-hydroxylation sites is 1. The van der Waals surface area contributed by atoms with Crippen molar-refractivity contribution in [1.29, 1.82) is 0 Å². The molecule has 2 aliphatic rings. The second kappa shape index (κ2) is 17.5. The van der Waals surface area contributed by atoms with Gasteiger partial charge in [-0.2, -0.15) is 0 Å². The first-order chi connectivity index (χ1) is 22.6. The first-order valence-corrected chi connectivity index (χ1v) is 16.6. The molecule has 2 aromatic rings. The molecular formula is C35H48N6O6. The van der Waals surface area contributed by atoms with Crippen LogP contribution in [-0.4, -0.2) is 91.4 Å². The van der Waals surface area contributed by atoms with Crippen LogP contribution in [-0.2, 0) is 25.6 Å². The number of carbonyl (C=O) groups excluding carboxylic acids is 5. The van der Waals surface area contributed by atoms with Crippen LogP contribution in [0.5, 0.6) is 5.75 Å². The fraction of sp³-hybridized carbons (Fsp3) is 0.514. The maximum atomic E-state index is 13.4. The van der Waals surface area contributed by atoms with E-state index in [1.54, 1.807) is 24.3 Å². The molecule has 254 valence electrons. The molecule has 0 spiro atoms. The van der Waals surface area contributed by atoms with Crippen LogP contribution >= 0.6 is 0 Å². The highest BCUT2D eigenvalue weighted by Crippen LogP contribution is 2.19. The van der Waals surface area contributed by atoms with Crippen molar-refractivity contribution in [1.82, 2.24) is 31.5 Å². The van der Waals surface area contributed by atoms with E-state index in [0.717, 1.165) is 38.0 Å². The van der Waals surface area contributed by atoms with E-state index < -0.39 is 47.7 Å². The Kier molecular flexibility index (Phi) is 13.2. The van der Waals surface area contributed by atoms with E-state index in [-0.39, 0.29) is 31.0 Å². The summed E-state index contributed by atoms with van der Waals surface area (Å²) in [5.41, 5.74) is -0.361. The summed E-state index contributed by atoms with van der Waals surface area (Å²) in [5.74, 6) is -2.31. The minimum absolute atomic E-state index is 0.205. The molecule has 0 unspecified atom stereocenters. The van der Waals surface area contributed by atoms with Gasteiger partial charge in [-0.15, -0.1) is 0 Å². The number of ether oxygens (including phenoxy) is 1. The molecule has 0 aliphatic carbocycles. The van der Waals surface area contributed by atoms with Gasteiger partial charge in [-0.05, 0) is 83.3 Å². The molecule has 1 saturated heterocycles. The lowest BCUT2D eigenvalue weighted by atomic mass is 10.00. The highest BCUT2D eigenvalue weighted by molar-refractivity contribution is 6.01. The Hall–Kier alpha value is -4.45. The molecule has 2 heterocycles. The van der Waals surface area contributed by atoms with Crippen LogP contribution in [0.15, 0.2) is 54.6 Å². The Morgan fingerprint density at radius 2 is 1.66 bits per heavy atom. The molecule has 12 nitrogen and oxygen atoms in total. The number of benzene rings is 2. The highest BCUT2D eigenvalue weighted by Gasteiger charge is 2.35. The van der Waals surface area contributed by atoms with Crippen molar-refractivity contribution >= 4 is 29.5 Å². The van der Waals surface area contributed by atoms with Gasteiger partial charge in [0.05, 0.1) is 18.6 Å². The summed E-state index contributed by atoms with van der Waals surface area (Å²) < 4.78 is 5.89. The van der Waals surface area contributed by atoms with E-state index in [4.69, 9.17) is 4.74 Å². The molecule has 2 aromatic carbocycles. The Bertz CT molecular complexity index is 1380. The Morgan fingerprint density at radius 1 is 0.936 bits per heavy atom. The Balaban J connectivity index is 1.50. The average Bonchev–Trinajstić information content (AvgIpc) is 3.57. The zero-order chi connectivity index (χ0) is 33.6. The number of unbranched alkanes of at least 4 members (excludes halogenated alkanes) is 1. The van der Waals surface area contributed by atoms with Crippen molar-refractivity contribution in [3.8, 4) is 5.75 Å². The first kappa shape index (κ1) is 35.4. The number of hydrogen-bond acceptors (Lipinski definition) is 7. The molecule has 47 heavy (non-hydrogen) atoms. The lowest BCUT2D eigenvalue weighted by molar-refractivity contribution is -0.135. The van der Waals surface area contributed by atoms with Gasteiger partial charge in [0.15, 0.2) is 0 Å². The van der Waals surface area contributed by atoms with Gasteiger partial charge in [-0.3, -0.25) is 24.0 Å². The third-order valence-electron chi connectivity index (χ3n) is 8.34. The predicted octanol–water partition coefficient (Wildman–Crippen LogP) is 1.69. The molecule has 2 atom stereocenters. The summed E-state index contributed by atoms with van der Waals surface area (Å²) in [4.78, 5) is 69.2. The summed E-state index contributed by atoms with van der Waals surface area (Å²) in [5, 5.41) is 13.9. The summed E-state index contributed by atoms with van der Waals surface area (Å²) in [7, 11) is 0. The number of amides is 5. The zero-order valence-corrected chi connectivity index (χ0v) is 27.4. The van der Waals surface area contributed by atoms with Crippen molar-refractivity contribution in [3.05, 3.63) is 65.7 Å². The van der Waals surface area contributed by atoms with Crippen LogP contribution in [0.4, 0.5) is 0 Å². The SMILES string of the molecule is CC1(C)NC(=O)C[C@@H](C(=O)NCCCCN2CCCC2)NC(=O)c2ccccc2OCCCNC(=O)[C@H](Cc2ccccc2)NC1=O. The second-order valence-electron chi connectivity index (χ2n) is 12.7. The summed E-state index contributed by atoms with van der Waals surface area (Å²) in [6.07, 6.45) is 4.41. The van der Waals surface area contributed by atoms with E-state index in [1.165, 1.54) is 26.7 Å². The molecule has 0 saturated carbocycles. The number of likely N-dealkylation sites (tertiary alicyclic amines) is 1. The Morgan fingerprint density at radius 3 is 2.43 bits per heavy atom. The molecule has 0 bridgehead atoms. The minimum atomic E-state index is -1.43. The third-order valence-corrected chi connectivity index (χ3v) is 8.34. The van der Waals surface area contributed by atoms with E-state index in [1.807, 2.05) is 30.3 Å². The van der Waals surface area contributed by atoms with Crippen LogP contribution < -0.4 is 31.3 Å². The number of fused-ring (bicyclic) bond motifs is 1. The van der Waals surface area contributed by atoms with Gasteiger partial charge in [-0.1, -0.05) is 42.5 Å². The van der Waals surface area contributed by atoms with Crippen LogP contribution in [0.1, 0.15) is 68.3 Å². The average molecular weight is 649 g/mol. The number of nitrogens with one attached hydrogen (secondary N) is 5. The van der Waals surface area contributed by atoms with Crippen molar-refractivity contribution in [2.24, 2.45) is 0 Å². The third kappa shape index (κ3) is 11.1. The topological polar surface area (TPSA) is 158 Å². The van der Waals surface area contributed by atoms with E-state index in [9.17, 15) is 24.0 Å². The molecule has 12 heteroatoms. The van der Waals surface area contributed by atoms with E-state index in [0.29, 0.717) is 18.7 Å². The fourth-order valence-electron chi connectivity index (χ4n) is 5.66. The maximum absolute atomic E-state index is 13.4. The van der Waals surface area contributed by atoms with Crippen molar-refractivity contribution in [2.75, 3.05) is 39.3 Å². The van der Waals surface area contributed by atoms with Crippen molar-refractivity contribution in [3.63, 3.8) is 0 Å². The first-order valence-electron chi connectivity index (χ1n) is 16.6. The lowest BCUT2D eigenvalue weighted by Gasteiger charge is -2.29. The number of nitrogens with zero attached hydrogens (tertiary/aromatic N) is 1. The molecule has 5 amide bonds. The molecular weight excluding hydrogens is 600 g/mol. The summed E-state index contributed by atoms with van der Waals surface area (Å²) in [6, 6.07) is 13.9. The summed E-state index contributed by atoms with van der Waals surface area (Å²) in [6.45, 7) is 7.12. The van der Waals surface area contributed by atoms with Gasteiger partial charge in [0.1, 0.15) is 23.4 Å². The lowest BCUT2D eigenvalue weighted by Crippen LogP contribution is -2.60. The van der Waals surface area contributed by atoms with Gasteiger partial charge >= 0.3 is 0 Å². The molecule has 0 aromatic heterocycles. The molecule has 5 N–H and O–H groups in total. The van der Waals surface area contributed by atoms with Crippen LogP contribution in [0.2, 0.25) is 0 Å². The van der Waals surface area contributed by atoms with Crippen LogP contribution in [0, 0.1) is 0 Å². The molecule has 2 aliphatic heterocycles. The van der Waals surface area contributed by atoms with E-state index in [2.05, 4.69) is 31.5 Å². The molecule has 0 radical (unpaired) electrons. The van der Waals surface area contributed by atoms with Gasteiger partial charge in [0, 0.05) is 19.5 Å². The van der Waals surface area contributed by atoms with Gasteiger partial charge in [-0.25, -0.2) is 0 Å². The molecule has 1 fully saturated rings. The second-order valence-corrected chi connectivity index (χ2v) is 12.7. The van der Waals surface area contributed by atoms with Crippen molar-refractivity contribution in [2.45, 2.75) is 76.4 Å². The fourth-order valence-corrected chi connectivity index (χ4v) is 5.66. The Labute approximate surface area is 276 Å². The van der Waals surface area contributed by atoms with Crippen molar-refractivity contribution < 1.29 is 28.7 Å². The number of carbonyl (C=O) groups is 5. The highest BCUT2D eigenvalue weighted by atomic mass is 16.5. The quantitative estimate of drug-likeness (QED) is 0.273. The smallest absolute Gasteiger partial charge is 0.255 e. The normalized spacial score (nSPS) is 21.5. The number of rotatable bonds is 8. The van der Waals surface area contributed by atoms with Gasteiger partial charge in [0.25, 0.3) is 5.91 Å². The standard InChI is InChI=1S/C35H48N6O6/c1-35(2)34(46)39-27(23-25-13-4-3-5-14-25)32(44)37-18-12-22-47-29-16-7-6-15-26(29)31(43)38-28(24-30(42)40-35)33(45)36-17-8-9-19-41-20-10-11-21-41/h3-7,13-16,27-28H,8-12,17-24H2,1-2H3,(H,36,45)(H,37,44)(H,38,43)(H,39,46)(H,40,42)/t27-,28-/m0/s1. The van der Waals surface area contributed by atoms with Gasteiger partial charge < -0.3 is 36.2 Å². The zero-order valence-electron chi connectivity index (χ0n) is 27.4. The van der Waals surface area contributed by atoms with Crippen LogP contribution in [0.3, 0.4) is 0 Å². The maximum Gasteiger partial charge on any atom is 0.255 e. The van der Waals surface area contributed by atoms with E-state index >= 15 is 0 Å². The predicted molar refractivity (Wildman–Crippen MR) is 178 cm³/mol.